The van der Waals surface area contributed by atoms with Crippen molar-refractivity contribution in [1.29, 1.82) is 0 Å². The van der Waals surface area contributed by atoms with Gasteiger partial charge in [0.15, 0.2) is 23.1 Å². The summed E-state index contributed by atoms with van der Waals surface area (Å²) in [4.78, 5) is 34.8. The number of anilines is 2. The number of amides is 1. The van der Waals surface area contributed by atoms with Crippen molar-refractivity contribution >= 4 is 34.8 Å². The summed E-state index contributed by atoms with van der Waals surface area (Å²) in [6.07, 6.45) is 5.55. The van der Waals surface area contributed by atoms with E-state index in [4.69, 9.17) is 17.3 Å². The van der Waals surface area contributed by atoms with Gasteiger partial charge in [-0.1, -0.05) is 11.6 Å². The maximum atomic E-state index is 14.4. The van der Waals surface area contributed by atoms with Gasteiger partial charge in [-0.05, 0) is 18.6 Å². The molecular weight excluding hydrogens is 537 g/mol. The van der Waals surface area contributed by atoms with E-state index in [1.807, 2.05) is 0 Å². The fourth-order valence-corrected chi connectivity index (χ4v) is 4.71. The van der Waals surface area contributed by atoms with E-state index in [1.54, 1.807) is 23.7 Å². The van der Waals surface area contributed by atoms with Crippen molar-refractivity contribution in [2.45, 2.75) is 18.8 Å². The molecule has 0 bridgehead atoms. The molecule has 14 heteroatoms. The van der Waals surface area contributed by atoms with E-state index in [0.717, 1.165) is 6.07 Å². The number of benzene rings is 1. The van der Waals surface area contributed by atoms with Crippen molar-refractivity contribution < 1.29 is 23.1 Å². The van der Waals surface area contributed by atoms with Gasteiger partial charge in [0.1, 0.15) is 39.3 Å². The summed E-state index contributed by atoms with van der Waals surface area (Å²) >= 11 is 5.88. The average molecular weight is 553 g/mol. The first-order valence-electron chi connectivity index (χ1n) is 11.4. The number of hydrogen-bond donors (Lipinski definition) is 3. The summed E-state index contributed by atoms with van der Waals surface area (Å²) in [5.74, 6) is -4.16. The first kappa shape index (κ1) is 24.6. The monoisotopic (exact) mass is 552 g/mol. The molecule has 4 aromatic heterocycles. The van der Waals surface area contributed by atoms with Crippen molar-refractivity contribution in [1.82, 2.24) is 29.3 Å². The molecule has 0 saturated carbocycles. The molecule has 4 N–H and O–H groups in total. The van der Waals surface area contributed by atoms with Crippen molar-refractivity contribution in [3.63, 3.8) is 0 Å². The van der Waals surface area contributed by atoms with Crippen LogP contribution in [0.25, 0.3) is 17.2 Å². The van der Waals surface area contributed by atoms with Crippen LogP contribution in [0.5, 0.6) is 5.75 Å². The molecule has 1 aromatic carbocycles. The Morgan fingerprint density at radius 2 is 1.95 bits per heavy atom. The van der Waals surface area contributed by atoms with E-state index in [2.05, 4.69) is 30.2 Å². The Balaban J connectivity index is 1.47. The topological polar surface area (TPSA) is 144 Å². The molecule has 0 fully saturated rings. The van der Waals surface area contributed by atoms with Crippen molar-refractivity contribution in [3.05, 3.63) is 88.0 Å². The van der Waals surface area contributed by atoms with Crippen LogP contribution in [0.15, 0.2) is 43.0 Å². The van der Waals surface area contributed by atoms with Crippen molar-refractivity contribution in [3.8, 4) is 17.3 Å². The zero-order valence-corrected chi connectivity index (χ0v) is 20.6. The molecule has 0 spiro atoms. The minimum Gasteiger partial charge on any atom is -0.506 e. The third-order valence-corrected chi connectivity index (χ3v) is 6.86. The standard InChI is InChI=1S/C25H16ClF3N8O2/c1-25(17-7-16(38)12(26)8-32-17)18-20(30)34-21(35-22(18)36-24(25)39)15-9-37-3-2-31-23(37)14(33-15)5-10-4-11(27)6-13(28)19(10)29/h2-4,6-9H,5H2,1H3,(H,32,38)(H3,30,34,35,36,39)/t25-/m0/s1. The van der Waals surface area contributed by atoms with Crippen LogP contribution < -0.4 is 11.1 Å². The number of carbonyl (C=O) groups excluding carboxylic acids is 1. The van der Waals surface area contributed by atoms with E-state index >= 15 is 0 Å². The number of imidazole rings is 1. The van der Waals surface area contributed by atoms with Crippen LogP contribution in [0.4, 0.5) is 24.8 Å². The summed E-state index contributed by atoms with van der Waals surface area (Å²) < 4.78 is 43.6. The second kappa shape index (κ2) is 8.63. The van der Waals surface area contributed by atoms with Gasteiger partial charge in [-0.25, -0.2) is 33.1 Å². The molecule has 0 aliphatic carbocycles. The van der Waals surface area contributed by atoms with Gasteiger partial charge in [0.2, 0.25) is 5.91 Å². The molecular formula is C25H16ClF3N8O2. The van der Waals surface area contributed by atoms with Crippen LogP contribution in [0.2, 0.25) is 5.02 Å². The van der Waals surface area contributed by atoms with E-state index in [1.165, 1.54) is 18.5 Å². The summed E-state index contributed by atoms with van der Waals surface area (Å²) in [5, 5.41) is 12.8. The third-order valence-electron chi connectivity index (χ3n) is 6.57. The van der Waals surface area contributed by atoms with E-state index < -0.39 is 28.8 Å². The van der Waals surface area contributed by atoms with Crippen LogP contribution in [0, 0.1) is 17.5 Å². The number of rotatable bonds is 4. The van der Waals surface area contributed by atoms with Gasteiger partial charge in [-0.15, -0.1) is 0 Å². The average Bonchev–Trinajstić information content (AvgIpc) is 3.46. The van der Waals surface area contributed by atoms with Crippen molar-refractivity contribution in [2.75, 3.05) is 11.1 Å². The number of nitrogens with one attached hydrogen (secondary N) is 1. The first-order valence-corrected chi connectivity index (χ1v) is 11.7. The van der Waals surface area contributed by atoms with Gasteiger partial charge in [0.05, 0.1) is 17.0 Å². The zero-order valence-electron chi connectivity index (χ0n) is 19.9. The second-order valence-electron chi connectivity index (χ2n) is 9.02. The molecule has 0 saturated heterocycles. The van der Waals surface area contributed by atoms with Crippen LogP contribution in [-0.2, 0) is 16.6 Å². The van der Waals surface area contributed by atoms with Gasteiger partial charge >= 0.3 is 0 Å². The van der Waals surface area contributed by atoms with Gasteiger partial charge < -0.3 is 20.6 Å². The molecule has 1 aliphatic rings. The molecule has 10 nitrogen and oxygen atoms in total. The van der Waals surface area contributed by atoms with Crippen molar-refractivity contribution in [2.24, 2.45) is 0 Å². The number of nitrogens with two attached hydrogens (primary N) is 1. The molecule has 1 atom stereocenters. The van der Waals surface area contributed by atoms with Gasteiger partial charge in [0, 0.05) is 43.3 Å². The van der Waals surface area contributed by atoms with E-state index in [0.29, 0.717) is 11.7 Å². The predicted molar refractivity (Wildman–Crippen MR) is 134 cm³/mol. The number of nitrogen functional groups attached to an aromatic ring is 1. The number of aromatic nitrogens is 6. The largest absolute Gasteiger partial charge is 0.506 e. The number of nitrogens with zero attached hydrogens (tertiary/aromatic N) is 6. The molecule has 6 rings (SSSR count). The lowest BCUT2D eigenvalue weighted by molar-refractivity contribution is -0.119. The molecule has 39 heavy (non-hydrogen) atoms. The zero-order chi connectivity index (χ0) is 27.6. The highest BCUT2D eigenvalue weighted by molar-refractivity contribution is 6.31. The summed E-state index contributed by atoms with van der Waals surface area (Å²) in [5.41, 5.74) is 5.74. The SMILES string of the molecule is C[C@@]1(c2cc(O)c(Cl)cn2)C(=O)Nc2nc(-c3cn4ccnc4c(Cc4cc(F)cc(F)c4F)n3)nc(N)c21. The number of carbonyl (C=O) groups is 1. The lowest BCUT2D eigenvalue weighted by Gasteiger charge is -2.22. The Labute approximate surface area is 222 Å². The predicted octanol–water partition coefficient (Wildman–Crippen LogP) is 3.79. The molecule has 5 aromatic rings. The Kier molecular flexibility index (Phi) is 5.43. The Bertz CT molecular complexity index is 1850. The first-order chi connectivity index (χ1) is 18.6. The molecule has 0 radical (unpaired) electrons. The van der Waals surface area contributed by atoms with Crippen LogP contribution in [-0.4, -0.2) is 40.3 Å². The van der Waals surface area contributed by atoms with Gasteiger partial charge in [-0.2, -0.15) is 0 Å². The summed E-state index contributed by atoms with van der Waals surface area (Å²) in [6, 6.07) is 2.60. The van der Waals surface area contributed by atoms with Crippen LogP contribution in [0.3, 0.4) is 0 Å². The highest BCUT2D eigenvalue weighted by atomic mass is 35.5. The Hall–Kier alpha value is -4.78. The number of pyridine rings is 1. The summed E-state index contributed by atoms with van der Waals surface area (Å²) in [6.45, 7) is 1.56. The van der Waals surface area contributed by atoms with Crippen LogP contribution >= 0.6 is 11.6 Å². The maximum Gasteiger partial charge on any atom is 0.242 e. The Morgan fingerprint density at radius 1 is 1.15 bits per heavy atom. The molecule has 0 unspecified atom stereocenters. The van der Waals surface area contributed by atoms with E-state index in [9.17, 15) is 23.1 Å². The van der Waals surface area contributed by atoms with Gasteiger partial charge in [0.25, 0.3) is 0 Å². The minimum atomic E-state index is -1.44. The smallest absolute Gasteiger partial charge is 0.242 e. The third kappa shape index (κ3) is 3.81. The molecule has 5 heterocycles. The highest BCUT2D eigenvalue weighted by Crippen LogP contribution is 2.45. The molecule has 196 valence electrons. The normalized spacial score (nSPS) is 16.5. The fourth-order valence-electron chi connectivity index (χ4n) is 4.61. The lowest BCUT2D eigenvalue weighted by Crippen LogP contribution is -2.33. The van der Waals surface area contributed by atoms with Gasteiger partial charge in [-0.3, -0.25) is 9.78 Å². The van der Waals surface area contributed by atoms with Crippen LogP contribution in [0.1, 0.15) is 29.4 Å². The number of aromatic hydroxyl groups is 1. The molecule has 1 amide bonds. The number of halogens is 4. The van der Waals surface area contributed by atoms with E-state index in [-0.39, 0.29) is 62.9 Å². The highest BCUT2D eigenvalue weighted by Gasteiger charge is 2.49. The number of fused-ring (bicyclic) bond motifs is 2. The second-order valence-corrected chi connectivity index (χ2v) is 9.43. The lowest BCUT2D eigenvalue weighted by atomic mass is 9.80. The Morgan fingerprint density at radius 3 is 2.72 bits per heavy atom. The minimum absolute atomic E-state index is 0.0122. The quantitative estimate of drug-likeness (QED) is 0.286. The molecule has 1 aliphatic heterocycles. The maximum absolute atomic E-state index is 14.4. The fraction of sp³-hybridized carbons (Fsp3) is 0.120. The number of hydrogen-bond acceptors (Lipinski definition) is 8. The summed E-state index contributed by atoms with van der Waals surface area (Å²) in [7, 11) is 0.